The number of carbonyl (C=O) groups is 2. The van der Waals surface area contributed by atoms with E-state index in [1.165, 1.54) is 12.1 Å². The smallest absolute Gasteiger partial charge is 0.340 e. The predicted octanol–water partition coefficient (Wildman–Crippen LogP) is 3.96. The third kappa shape index (κ3) is 5.52. The molecule has 0 aliphatic rings. The summed E-state index contributed by atoms with van der Waals surface area (Å²) >= 11 is 12.1. The van der Waals surface area contributed by atoms with Crippen LogP contribution in [0.25, 0.3) is 0 Å². The maximum atomic E-state index is 12.0. The monoisotopic (exact) mass is 370 g/mol. The molecule has 0 spiro atoms. The number of carbonyl (C=O) groups excluding carboxylic acids is 2. The predicted molar refractivity (Wildman–Crippen MR) is 90.9 cm³/mol. The Morgan fingerprint density at radius 3 is 2.58 bits per heavy atom. The lowest BCUT2D eigenvalue weighted by Crippen LogP contribution is -2.17. The van der Waals surface area contributed by atoms with Gasteiger partial charge in [-0.25, -0.2) is 4.79 Å². The molecule has 1 rings (SSSR count). The van der Waals surface area contributed by atoms with Crippen LogP contribution in [0.5, 0.6) is 0 Å². The van der Waals surface area contributed by atoms with Gasteiger partial charge in [-0.1, -0.05) is 23.2 Å². The van der Waals surface area contributed by atoms with E-state index in [4.69, 9.17) is 37.9 Å². The molecule has 1 aromatic carbocycles. The minimum absolute atomic E-state index is 0.0156. The number of rotatable bonds is 6. The zero-order valence-electron chi connectivity index (χ0n) is 13.4. The zero-order chi connectivity index (χ0) is 18.3. The van der Waals surface area contributed by atoms with Crippen LogP contribution in [0.4, 0.5) is 5.69 Å². The number of aliphatic imine (C=N–C) groups is 1. The summed E-state index contributed by atoms with van der Waals surface area (Å²) in [5.41, 5.74) is 0.194. The van der Waals surface area contributed by atoms with E-state index < -0.39 is 17.9 Å². The van der Waals surface area contributed by atoms with Crippen molar-refractivity contribution in [2.24, 2.45) is 10.9 Å². The minimum Gasteiger partial charge on any atom is -0.465 e. The van der Waals surface area contributed by atoms with E-state index in [-0.39, 0.29) is 34.0 Å². The lowest BCUT2D eigenvalue weighted by Gasteiger charge is -2.11. The number of hydrogen-bond donors (Lipinski definition) is 0. The highest BCUT2D eigenvalue weighted by atomic mass is 35.5. The van der Waals surface area contributed by atoms with Crippen molar-refractivity contribution >= 4 is 47.0 Å². The van der Waals surface area contributed by atoms with Crippen molar-refractivity contribution in [1.82, 2.24) is 0 Å². The lowest BCUT2D eigenvalue weighted by molar-refractivity contribution is -0.143. The summed E-state index contributed by atoms with van der Waals surface area (Å²) in [4.78, 5) is 27.6. The Kier molecular flexibility index (Phi) is 7.69. The van der Waals surface area contributed by atoms with E-state index >= 15 is 0 Å². The number of nitriles is 1. The molecule has 24 heavy (non-hydrogen) atoms. The van der Waals surface area contributed by atoms with E-state index in [1.807, 2.05) is 0 Å². The maximum Gasteiger partial charge on any atom is 0.340 e. The van der Waals surface area contributed by atoms with Crippen LogP contribution >= 0.6 is 23.2 Å². The second-order valence-electron chi connectivity index (χ2n) is 4.88. The fourth-order valence-electron chi connectivity index (χ4n) is 1.63. The Balaban J connectivity index is 3.14. The van der Waals surface area contributed by atoms with Crippen molar-refractivity contribution < 1.29 is 19.1 Å². The van der Waals surface area contributed by atoms with Crippen LogP contribution in [0.15, 0.2) is 17.1 Å². The molecule has 128 valence electrons. The Morgan fingerprint density at radius 2 is 2.04 bits per heavy atom. The van der Waals surface area contributed by atoms with Crippen LogP contribution < -0.4 is 0 Å². The largest absolute Gasteiger partial charge is 0.465 e. The summed E-state index contributed by atoms with van der Waals surface area (Å²) in [6.45, 7) is 5.18. The molecule has 0 amide bonds. The first-order chi connectivity index (χ1) is 11.3. The number of benzene rings is 1. The van der Waals surface area contributed by atoms with Crippen molar-refractivity contribution in [3.8, 4) is 6.07 Å². The fourth-order valence-corrected chi connectivity index (χ4v) is 2.08. The number of esters is 2. The lowest BCUT2D eigenvalue weighted by atomic mass is 10.2. The van der Waals surface area contributed by atoms with Gasteiger partial charge in [0.05, 0.1) is 35.1 Å². The molecular weight excluding hydrogens is 355 g/mol. The summed E-state index contributed by atoms with van der Waals surface area (Å²) < 4.78 is 9.84. The van der Waals surface area contributed by atoms with Gasteiger partial charge in [-0.2, -0.15) is 5.26 Å². The van der Waals surface area contributed by atoms with Crippen molar-refractivity contribution in [1.29, 1.82) is 5.26 Å². The van der Waals surface area contributed by atoms with Crippen LogP contribution in [-0.2, 0) is 14.3 Å². The molecule has 0 aliphatic carbocycles. The zero-order valence-corrected chi connectivity index (χ0v) is 14.9. The molecule has 0 aliphatic heterocycles. The summed E-state index contributed by atoms with van der Waals surface area (Å²) in [7, 11) is 0. The highest BCUT2D eigenvalue weighted by Gasteiger charge is 2.19. The number of hydrogen-bond acceptors (Lipinski definition) is 6. The van der Waals surface area contributed by atoms with E-state index in [0.29, 0.717) is 0 Å². The molecule has 0 radical (unpaired) electrons. The minimum atomic E-state index is -1.19. The molecule has 1 unspecified atom stereocenters. The van der Waals surface area contributed by atoms with Gasteiger partial charge in [0, 0.05) is 11.2 Å². The van der Waals surface area contributed by atoms with E-state index in [9.17, 15) is 9.59 Å². The topological polar surface area (TPSA) is 88.8 Å². The Hall–Kier alpha value is -2.10. The first-order valence-electron chi connectivity index (χ1n) is 7.10. The standard InChI is InChI=1S/C16H16Cl2N2O4/c1-4-23-15(21)10(7-19)8-20-13-6-11(17)5-12(14(13)18)16(22)24-9(2)3/h5-6,8-10H,4H2,1-3H3. The Bertz CT molecular complexity index is 696. The first-order valence-corrected chi connectivity index (χ1v) is 7.86. The third-order valence-electron chi connectivity index (χ3n) is 2.62. The second-order valence-corrected chi connectivity index (χ2v) is 5.69. The van der Waals surface area contributed by atoms with Crippen molar-refractivity contribution in [2.75, 3.05) is 6.61 Å². The van der Waals surface area contributed by atoms with Gasteiger partial charge in [0.15, 0.2) is 5.92 Å². The van der Waals surface area contributed by atoms with E-state index in [0.717, 1.165) is 6.21 Å². The molecule has 1 atom stereocenters. The summed E-state index contributed by atoms with van der Waals surface area (Å²) in [6, 6.07) is 4.53. The molecule has 6 nitrogen and oxygen atoms in total. The molecule has 0 bridgehead atoms. The van der Waals surface area contributed by atoms with Crippen molar-refractivity contribution in [2.45, 2.75) is 26.9 Å². The van der Waals surface area contributed by atoms with Gasteiger partial charge in [-0.3, -0.25) is 9.79 Å². The summed E-state index contributed by atoms with van der Waals surface area (Å²) in [5, 5.41) is 9.22. The Labute approximate surface area is 150 Å². The average molecular weight is 371 g/mol. The first kappa shape index (κ1) is 19.9. The van der Waals surface area contributed by atoms with Gasteiger partial charge in [-0.15, -0.1) is 0 Å². The summed E-state index contributed by atoms with van der Waals surface area (Å²) in [5.74, 6) is -2.55. The number of nitrogens with zero attached hydrogens (tertiary/aromatic N) is 2. The molecule has 0 saturated carbocycles. The molecule has 0 heterocycles. The molecular formula is C16H16Cl2N2O4. The number of ether oxygens (including phenoxy) is 2. The maximum absolute atomic E-state index is 12.0. The molecule has 1 aromatic rings. The van der Waals surface area contributed by atoms with Crippen LogP contribution in [-0.4, -0.2) is 30.9 Å². The number of halogens is 2. The quantitative estimate of drug-likeness (QED) is 0.558. The molecule has 0 N–H and O–H groups in total. The third-order valence-corrected chi connectivity index (χ3v) is 3.24. The van der Waals surface area contributed by atoms with Gasteiger partial charge < -0.3 is 9.47 Å². The van der Waals surface area contributed by atoms with Crippen LogP contribution in [0.1, 0.15) is 31.1 Å². The van der Waals surface area contributed by atoms with Crippen molar-refractivity contribution in [3.63, 3.8) is 0 Å². The van der Waals surface area contributed by atoms with Crippen molar-refractivity contribution in [3.05, 3.63) is 27.7 Å². The average Bonchev–Trinajstić information content (AvgIpc) is 2.50. The van der Waals surface area contributed by atoms with Crippen LogP contribution in [0.3, 0.4) is 0 Å². The SMILES string of the molecule is CCOC(=O)C(C#N)C=Nc1cc(Cl)cc(C(=O)OC(C)C)c1Cl. The fraction of sp³-hybridized carbons (Fsp3) is 0.375. The highest BCUT2D eigenvalue weighted by Crippen LogP contribution is 2.33. The van der Waals surface area contributed by atoms with Gasteiger partial charge >= 0.3 is 11.9 Å². The van der Waals surface area contributed by atoms with Gasteiger partial charge in [-0.05, 0) is 32.9 Å². The van der Waals surface area contributed by atoms with Gasteiger partial charge in [0.25, 0.3) is 0 Å². The molecule has 8 heteroatoms. The van der Waals surface area contributed by atoms with Gasteiger partial charge in [0.2, 0.25) is 0 Å². The summed E-state index contributed by atoms with van der Waals surface area (Å²) in [6.07, 6.45) is 0.763. The molecule has 0 fully saturated rings. The second kappa shape index (κ2) is 9.26. The molecule has 0 aromatic heterocycles. The molecule has 0 saturated heterocycles. The van der Waals surface area contributed by atoms with Gasteiger partial charge in [0.1, 0.15) is 0 Å². The van der Waals surface area contributed by atoms with Crippen LogP contribution in [0.2, 0.25) is 10.0 Å². The highest BCUT2D eigenvalue weighted by molar-refractivity contribution is 6.38. The normalized spacial score (nSPS) is 12.0. The van der Waals surface area contributed by atoms with E-state index in [1.54, 1.807) is 26.8 Å². The van der Waals surface area contributed by atoms with Crippen LogP contribution in [0, 0.1) is 17.2 Å². The Morgan fingerprint density at radius 1 is 1.38 bits per heavy atom. The van der Waals surface area contributed by atoms with E-state index in [2.05, 4.69) is 4.99 Å².